The highest BCUT2D eigenvalue weighted by molar-refractivity contribution is 9.10. The van der Waals surface area contributed by atoms with Crippen molar-refractivity contribution in [1.29, 1.82) is 0 Å². The Kier molecular flexibility index (Phi) is 7.72. The van der Waals surface area contributed by atoms with E-state index in [1.807, 2.05) is 6.07 Å². The van der Waals surface area contributed by atoms with Gasteiger partial charge in [0, 0.05) is 35.1 Å². The van der Waals surface area contributed by atoms with Gasteiger partial charge in [-0.1, -0.05) is 28.1 Å². The third-order valence-corrected chi connectivity index (χ3v) is 4.21. The molecule has 2 rings (SSSR count). The molecule has 2 N–H and O–H groups in total. The van der Waals surface area contributed by atoms with Crippen molar-refractivity contribution in [2.24, 2.45) is 0 Å². The molecule has 0 aliphatic carbocycles. The highest BCUT2D eigenvalue weighted by atomic mass is 79.9. The summed E-state index contributed by atoms with van der Waals surface area (Å²) < 4.78 is 27.8. The average Bonchev–Trinajstić information content (AvgIpc) is 2.61. The molecule has 0 aliphatic heterocycles. The molecule has 0 fully saturated rings. The smallest absolute Gasteiger partial charge is 0.251 e. The fourth-order valence-electron chi connectivity index (χ4n) is 2.35. The van der Waals surface area contributed by atoms with Crippen LogP contribution in [-0.2, 0) is 11.2 Å². The summed E-state index contributed by atoms with van der Waals surface area (Å²) in [5.74, 6) is -1.76. The van der Waals surface area contributed by atoms with E-state index in [2.05, 4.69) is 26.6 Å². The van der Waals surface area contributed by atoms with Gasteiger partial charge in [-0.25, -0.2) is 8.78 Å². The van der Waals surface area contributed by atoms with Gasteiger partial charge in [-0.2, -0.15) is 0 Å². The second-order valence-corrected chi connectivity index (χ2v) is 6.59. The van der Waals surface area contributed by atoms with E-state index in [1.54, 1.807) is 18.2 Å². The van der Waals surface area contributed by atoms with Crippen molar-refractivity contribution < 1.29 is 18.4 Å². The number of amides is 2. The van der Waals surface area contributed by atoms with Crippen LogP contribution in [0.5, 0.6) is 0 Å². The standard InChI is InChI=1S/C19H19BrF2N2O2/c20-14-5-1-4-13(12-14)19(26)24-11-3-10-23-18(25)9-8-15-16(21)6-2-7-17(15)22/h1-2,4-7,12H,3,8-11H2,(H,23,25)(H,24,26). The van der Waals surface area contributed by atoms with Crippen LogP contribution in [0.4, 0.5) is 8.78 Å². The zero-order valence-corrected chi connectivity index (χ0v) is 15.6. The Morgan fingerprint density at radius 2 is 1.62 bits per heavy atom. The molecule has 0 saturated heterocycles. The Balaban J connectivity index is 1.64. The molecule has 26 heavy (non-hydrogen) atoms. The second kappa shape index (κ2) is 10.0. The monoisotopic (exact) mass is 424 g/mol. The van der Waals surface area contributed by atoms with Crippen molar-refractivity contribution in [1.82, 2.24) is 10.6 Å². The fourth-order valence-corrected chi connectivity index (χ4v) is 2.75. The Bertz CT molecular complexity index is 764. The van der Waals surface area contributed by atoms with Crippen LogP contribution < -0.4 is 10.6 Å². The highest BCUT2D eigenvalue weighted by Gasteiger charge is 2.10. The number of benzene rings is 2. The Hall–Kier alpha value is -2.28. The number of hydrogen-bond acceptors (Lipinski definition) is 2. The van der Waals surface area contributed by atoms with Gasteiger partial charge >= 0.3 is 0 Å². The average molecular weight is 425 g/mol. The van der Waals surface area contributed by atoms with Crippen molar-refractivity contribution in [3.63, 3.8) is 0 Å². The molecule has 0 heterocycles. The molecule has 0 aliphatic rings. The molecule has 2 amide bonds. The molecular weight excluding hydrogens is 406 g/mol. The summed E-state index contributed by atoms with van der Waals surface area (Å²) >= 11 is 3.31. The van der Waals surface area contributed by atoms with Crippen molar-refractivity contribution in [3.8, 4) is 0 Å². The van der Waals surface area contributed by atoms with Crippen LogP contribution in [0.3, 0.4) is 0 Å². The summed E-state index contributed by atoms with van der Waals surface area (Å²) in [6.45, 7) is 0.783. The van der Waals surface area contributed by atoms with Gasteiger partial charge in [0.15, 0.2) is 0 Å². The van der Waals surface area contributed by atoms with E-state index in [0.717, 1.165) is 4.47 Å². The van der Waals surface area contributed by atoms with Gasteiger partial charge < -0.3 is 10.6 Å². The van der Waals surface area contributed by atoms with Crippen LogP contribution in [0, 0.1) is 11.6 Å². The van der Waals surface area contributed by atoms with E-state index in [9.17, 15) is 18.4 Å². The van der Waals surface area contributed by atoms with Gasteiger partial charge in [0.05, 0.1) is 0 Å². The van der Waals surface area contributed by atoms with E-state index in [4.69, 9.17) is 0 Å². The van der Waals surface area contributed by atoms with Crippen molar-refractivity contribution in [3.05, 3.63) is 69.7 Å². The molecule has 0 atom stereocenters. The number of rotatable bonds is 8. The molecule has 0 spiro atoms. The van der Waals surface area contributed by atoms with Gasteiger partial charge in [0.1, 0.15) is 11.6 Å². The first-order valence-electron chi connectivity index (χ1n) is 8.20. The molecule has 2 aromatic rings. The van der Waals surface area contributed by atoms with Crippen LogP contribution in [0.15, 0.2) is 46.9 Å². The SMILES string of the molecule is O=C(CCc1c(F)cccc1F)NCCCNC(=O)c1cccc(Br)c1. The lowest BCUT2D eigenvalue weighted by Gasteiger charge is -2.08. The maximum absolute atomic E-state index is 13.5. The Morgan fingerprint density at radius 1 is 0.962 bits per heavy atom. The quantitative estimate of drug-likeness (QED) is 0.636. The maximum Gasteiger partial charge on any atom is 0.251 e. The number of carbonyl (C=O) groups is 2. The third-order valence-electron chi connectivity index (χ3n) is 3.71. The van der Waals surface area contributed by atoms with Gasteiger partial charge in [0.2, 0.25) is 5.91 Å². The van der Waals surface area contributed by atoms with Gasteiger partial charge in [-0.15, -0.1) is 0 Å². The zero-order valence-electron chi connectivity index (χ0n) is 14.0. The molecule has 0 aromatic heterocycles. The molecule has 2 aromatic carbocycles. The summed E-state index contributed by atoms with van der Waals surface area (Å²) in [6.07, 6.45) is 0.561. The molecule has 7 heteroatoms. The molecule has 4 nitrogen and oxygen atoms in total. The van der Waals surface area contributed by atoms with E-state index in [1.165, 1.54) is 18.2 Å². The lowest BCUT2D eigenvalue weighted by molar-refractivity contribution is -0.121. The Morgan fingerprint density at radius 3 is 2.31 bits per heavy atom. The van der Waals surface area contributed by atoms with Gasteiger partial charge in [-0.05, 0) is 43.2 Å². The zero-order chi connectivity index (χ0) is 18.9. The van der Waals surface area contributed by atoms with Crippen molar-refractivity contribution in [2.75, 3.05) is 13.1 Å². The van der Waals surface area contributed by atoms with Crippen LogP contribution in [0.2, 0.25) is 0 Å². The van der Waals surface area contributed by atoms with Crippen molar-refractivity contribution in [2.45, 2.75) is 19.3 Å². The van der Waals surface area contributed by atoms with Gasteiger partial charge in [-0.3, -0.25) is 9.59 Å². The number of hydrogen-bond donors (Lipinski definition) is 2. The molecular formula is C19H19BrF2N2O2. The Labute approximate surface area is 159 Å². The molecule has 138 valence electrons. The highest BCUT2D eigenvalue weighted by Crippen LogP contribution is 2.14. The number of halogens is 3. The third kappa shape index (κ3) is 6.22. The number of carbonyl (C=O) groups excluding carboxylic acids is 2. The first kappa shape index (κ1) is 20.0. The largest absolute Gasteiger partial charge is 0.356 e. The maximum atomic E-state index is 13.5. The topological polar surface area (TPSA) is 58.2 Å². The summed E-state index contributed by atoms with van der Waals surface area (Å²) in [5, 5.41) is 5.43. The second-order valence-electron chi connectivity index (χ2n) is 5.67. The van der Waals surface area contributed by atoms with E-state index in [0.29, 0.717) is 25.1 Å². The van der Waals surface area contributed by atoms with E-state index in [-0.39, 0.29) is 30.2 Å². The summed E-state index contributed by atoms with van der Waals surface area (Å²) in [4.78, 5) is 23.7. The summed E-state index contributed by atoms with van der Waals surface area (Å²) in [5.41, 5.74) is 0.472. The van der Waals surface area contributed by atoms with E-state index < -0.39 is 11.6 Å². The molecule has 0 saturated carbocycles. The summed E-state index contributed by atoms with van der Waals surface area (Å²) in [7, 11) is 0. The lowest BCUT2D eigenvalue weighted by Crippen LogP contribution is -2.30. The normalized spacial score (nSPS) is 10.4. The minimum atomic E-state index is -0.645. The number of nitrogens with one attached hydrogen (secondary N) is 2. The predicted molar refractivity (Wildman–Crippen MR) is 98.8 cm³/mol. The minimum absolute atomic E-state index is 0.00224. The minimum Gasteiger partial charge on any atom is -0.356 e. The van der Waals surface area contributed by atoms with E-state index >= 15 is 0 Å². The van der Waals surface area contributed by atoms with Crippen LogP contribution in [0.25, 0.3) is 0 Å². The fraction of sp³-hybridized carbons (Fsp3) is 0.263. The van der Waals surface area contributed by atoms with Gasteiger partial charge in [0.25, 0.3) is 5.91 Å². The van der Waals surface area contributed by atoms with Crippen LogP contribution in [-0.4, -0.2) is 24.9 Å². The van der Waals surface area contributed by atoms with Crippen molar-refractivity contribution >= 4 is 27.7 Å². The lowest BCUT2D eigenvalue weighted by atomic mass is 10.1. The first-order chi connectivity index (χ1) is 12.5. The molecule has 0 bridgehead atoms. The first-order valence-corrected chi connectivity index (χ1v) is 9.00. The summed E-state index contributed by atoms with van der Waals surface area (Å²) in [6, 6.07) is 10.7. The van der Waals surface area contributed by atoms with Crippen LogP contribution >= 0.6 is 15.9 Å². The molecule has 0 unspecified atom stereocenters. The van der Waals surface area contributed by atoms with Crippen LogP contribution in [0.1, 0.15) is 28.8 Å². The molecule has 0 radical (unpaired) electrons. The predicted octanol–water partition coefficient (Wildman–Crippen LogP) is 3.60.